The van der Waals surface area contributed by atoms with Gasteiger partial charge in [-0.05, 0) is 32.9 Å². The normalized spacial score (nSPS) is 21.2. The van der Waals surface area contributed by atoms with Gasteiger partial charge in [0.15, 0.2) is 0 Å². The summed E-state index contributed by atoms with van der Waals surface area (Å²) in [5.41, 5.74) is 0.735. The summed E-state index contributed by atoms with van der Waals surface area (Å²) in [4.78, 5) is 18.2. The van der Waals surface area contributed by atoms with E-state index < -0.39 is 0 Å². The minimum absolute atomic E-state index is 0.0286. The van der Waals surface area contributed by atoms with Crippen molar-refractivity contribution in [2.45, 2.75) is 32.5 Å². The number of morpholine rings is 1. The molecule has 1 aromatic rings. The summed E-state index contributed by atoms with van der Waals surface area (Å²) in [6.45, 7) is 6.97. The van der Waals surface area contributed by atoms with Crippen molar-refractivity contribution in [3.63, 3.8) is 0 Å². The van der Waals surface area contributed by atoms with Crippen LogP contribution >= 0.6 is 0 Å². The van der Waals surface area contributed by atoms with Crippen LogP contribution in [0.3, 0.4) is 0 Å². The SMILES string of the molecule is COC(=O)c1ccc(N2CC(CO)OC(C)(C)C2)nc1C. The van der Waals surface area contributed by atoms with Gasteiger partial charge in [0.05, 0.1) is 36.7 Å². The summed E-state index contributed by atoms with van der Waals surface area (Å²) in [5.74, 6) is 0.386. The van der Waals surface area contributed by atoms with Crippen LogP contribution in [0.4, 0.5) is 5.82 Å². The number of ether oxygens (including phenoxy) is 2. The average Bonchev–Trinajstić information content (AvgIpc) is 2.44. The molecule has 1 saturated heterocycles. The van der Waals surface area contributed by atoms with Gasteiger partial charge in [-0.2, -0.15) is 0 Å². The van der Waals surface area contributed by atoms with E-state index in [4.69, 9.17) is 9.47 Å². The summed E-state index contributed by atoms with van der Waals surface area (Å²) >= 11 is 0. The van der Waals surface area contributed by atoms with Gasteiger partial charge in [0.2, 0.25) is 0 Å². The van der Waals surface area contributed by atoms with Gasteiger partial charge < -0.3 is 19.5 Å². The van der Waals surface area contributed by atoms with Crippen LogP contribution in [0.2, 0.25) is 0 Å². The molecule has 0 radical (unpaired) electrons. The van der Waals surface area contributed by atoms with E-state index in [0.717, 1.165) is 5.82 Å². The molecule has 21 heavy (non-hydrogen) atoms. The molecule has 2 rings (SSSR count). The van der Waals surface area contributed by atoms with Gasteiger partial charge in [-0.25, -0.2) is 9.78 Å². The van der Waals surface area contributed by atoms with E-state index in [1.54, 1.807) is 19.1 Å². The molecule has 0 amide bonds. The van der Waals surface area contributed by atoms with Gasteiger partial charge in [0, 0.05) is 13.1 Å². The number of aliphatic hydroxyl groups excluding tert-OH is 1. The lowest BCUT2D eigenvalue weighted by atomic mass is 10.1. The minimum atomic E-state index is -0.387. The Morgan fingerprint density at radius 3 is 2.86 bits per heavy atom. The van der Waals surface area contributed by atoms with Gasteiger partial charge in [0.1, 0.15) is 5.82 Å². The highest BCUT2D eigenvalue weighted by molar-refractivity contribution is 5.90. The van der Waals surface area contributed by atoms with Crippen molar-refractivity contribution in [3.05, 3.63) is 23.4 Å². The lowest BCUT2D eigenvalue weighted by Gasteiger charge is -2.42. The maximum atomic E-state index is 11.6. The first-order valence-electron chi connectivity index (χ1n) is 6.96. The summed E-state index contributed by atoms with van der Waals surface area (Å²) < 4.78 is 10.5. The van der Waals surface area contributed by atoms with Gasteiger partial charge in [-0.1, -0.05) is 0 Å². The molecule has 1 aliphatic rings. The highest BCUT2D eigenvalue weighted by Gasteiger charge is 2.33. The van der Waals surface area contributed by atoms with Crippen molar-refractivity contribution >= 4 is 11.8 Å². The lowest BCUT2D eigenvalue weighted by molar-refractivity contribution is -0.101. The second kappa shape index (κ2) is 5.99. The van der Waals surface area contributed by atoms with Crippen molar-refractivity contribution in [2.24, 2.45) is 0 Å². The third-order valence-corrected chi connectivity index (χ3v) is 3.49. The molecular weight excluding hydrogens is 272 g/mol. The molecule has 0 spiro atoms. The molecule has 1 aromatic heterocycles. The molecule has 2 heterocycles. The molecule has 6 nitrogen and oxygen atoms in total. The Hall–Kier alpha value is -1.66. The number of methoxy groups -OCH3 is 1. The molecule has 1 N–H and O–H groups in total. The summed E-state index contributed by atoms with van der Waals surface area (Å²) in [7, 11) is 1.35. The van der Waals surface area contributed by atoms with E-state index in [2.05, 4.69) is 9.88 Å². The number of aromatic nitrogens is 1. The summed E-state index contributed by atoms with van der Waals surface area (Å²) in [6, 6.07) is 3.52. The highest BCUT2D eigenvalue weighted by atomic mass is 16.5. The fourth-order valence-corrected chi connectivity index (χ4v) is 2.61. The predicted octanol–water partition coefficient (Wildman–Crippen LogP) is 1.15. The van der Waals surface area contributed by atoms with Crippen LogP contribution in [0.5, 0.6) is 0 Å². The van der Waals surface area contributed by atoms with Crippen LogP contribution in [-0.4, -0.2) is 54.6 Å². The molecule has 1 aliphatic heterocycles. The Morgan fingerprint density at radius 2 is 2.29 bits per heavy atom. The summed E-state index contributed by atoms with van der Waals surface area (Å²) in [5, 5.41) is 9.36. The zero-order valence-corrected chi connectivity index (χ0v) is 12.9. The predicted molar refractivity (Wildman–Crippen MR) is 78.6 cm³/mol. The Morgan fingerprint density at radius 1 is 1.57 bits per heavy atom. The van der Waals surface area contributed by atoms with Gasteiger partial charge in [-0.15, -0.1) is 0 Å². The van der Waals surface area contributed by atoms with Crippen molar-refractivity contribution in [3.8, 4) is 0 Å². The number of aliphatic hydroxyl groups is 1. The number of hydrogen-bond acceptors (Lipinski definition) is 6. The van der Waals surface area contributed by atoms with E-state index in [1.165, 1.54) is 7.11 Å². The number of esters is 1. The van der Waals surface area contributed by atoms with Gasteiger partial charge in [0.25, 0.3) is 0 Å². The van der Waals surface area contributed by atoms with E-state index in [0.29, 0.717) is 24.3 Å². The maximum absolute atomic E-state index is 11.6. The van der Waals surface area contributed by atoms with E-state index in [1.807, 2.05) is 13.8 Å². The van der Waals surface area contributed by atoms with Crippen molar-refractivity contribution < 1.29 is 19.4 Å². The largest absolute Gasteiger partial charge is 0.465 e. The molecule has 0 aromatic carbocycles. The van der Waals surface area contributed by atoms with Crippen LogP contribution in [0.1, 0.15) is 29.9 Å². The Labute approximate surface area is 124 Å². The van der Waals surface area contributed by atoms with E-state index >= 15 is 0 Å². The number of carbonyl (C=O) groups is 1. The quantitative estimate of drug-likeness (QED) is 0.843. The molecule has 1 unspecified atom stereocenters. The number of nitrogens with zero attached hydrogens (tertiary/aromatic N) is 2. The number of anilines is 1. The summed E-state index contributed by atoms with van der Waals surface area (Å²) in [6.07, 6.45) is -0.240. The standard InChI is InChI=1S/C15H22N2O4/c1-10-12(14(19)20-4)5-6-13(16-10)17-7-11(8-18)21-15(2,3)9-17/h5-6,11,18H,7-9H2,1-4H3. The topological polar surface area (TPSA) is 71.9 Å². The fraction of sp³-hybridized carbons (Fsp3) is 0.600. The zero-order valence-electron chi connectivity index (χ0n) is 12.9. The molecule has 0 aliphatic carbocycles. The van der Waals surface area contributed by atoms with E-state index in [-0.39, 0.29) is 24.3 Å². The van der Waals surface area contributed by atoms with Crippen LogP contribution in [-0.2, 0) is 9.47 Å². The molecule has 0 bridgehead atoms. The van der Waals surface area contributed by atoms with Crippen molar-refractivity contribution in [1.29, 1.82) is 0 Å². The van der Waals surface area contributed by atoms with Crippen LogP contribution in [0, 0.1) is 6.92 Å². The van der Waals surface area contributed by atoms with Gasteiger partial charge in [-0.3, -0.25) is 0 Å². The molecule has 116 valence electrons. The molecule has 6 heteroatoms. The average molecular weight is 294 g/mol. The fourth-order valence-electron chi connectivity index (χ4n) is 2.61. The van der Waals surface area contributed by atoms with Crippen LogP contribution in [0.15, 0.2) is 12.1 Å². The first-order valence-corrected chi connectivity index (χ1v) is 6.96. The third kappa shape index (κ3) is 3.51. The smallest absolute Gasteiger partial charge is 0.339 e. The second-order valence-electron chi connectivity index (χ2n) is 5.86. The third-order valence-electron chi connectivity index (χ3n) is 3.49. The first kappa shape index (κ1) is 15.7. The minimum Gasteiger partial charge on any atom is -0.465 e. The van der Waals surface area contributed by atoms with Crippen LogP contribution < -0.4 is 4.90 Å². The first-order chi connectivity index (χ1) is 9.86. The van der Waals surface area contributed by atoms with Crippen LogP contribution in [0.25, 0.3) is 0 Å². The second-order valence-corrected chi connectivity index (χ2v) is 5.86. The Balaban J connectivity index is 2.25. The lowest BCUT2D eigenvalue weighted by Crippen LogP contribution is -2.54. The number of carbonyl (C=O) groups excluding carboxylic acids is 1. The number of rotatable bonds is 3. The number of aryl methyl sites for hydroxylation is 1. The molecule has 1 fully saturated rings. The Kier molecular flexibility index (Phi) is 4.49. The number of hydrogen-bond donors (Lipinski definition) is 1. The maximum Gasteiger partial charge on any atom is 0.339 e. The van der Waals surface area contributed by atoms with Crippen molar-refractivity contribution in [1.82, 2.24) is 4.98 Å². The monoisotopic (exact) mass is 294 g/mol. The zero-order chi connectivity index (χ0) is 15.6. The Bertz CT molecular complexity index is 530. The van der Waals surface area contributed by atoms with Crippen molar-refractivity contribution in [2.75, 3.05) is 31.7 Å². The molecule has 1 atom stereocenters. The molecular formula is C15H22N2O4. The van der Waals surface area contributed by atoms with Gasteiger partial charge >= 0.3 is 5.97 Å². The number of pyridine rings is 1. The van der Waals surface area contributed by atoms with E-state index in [9.17, 15) is 9.90 Å². The molecule has 0 saturated carbocycles. The highest BCUT2D eigenvalue weighted by Crippen LogP contribution is 2.25.